The summed E-state index contributed by atoms with van der Waals surface area (Å²) in [6, 6.07) is 6.13. The maximum atomic E-state index is 11.1. The van der Waals surface area contributed by atoms with Gasteiger partial charge in [-0.05, 0) is 24.3 Å². The van der Waals surface area contributed by atoms with Crippen LogP contribution in [0.3, 0.4) is 0 Å². The molecule has 0 aliphatic heterocycles. The smallest absolute Gasteiger partial charge is 0.307 e. The Bertz CT molecular complexity index is 510. The first-order valence-electron chi connectivity index (χ1n) is 5.25. The molecule has 0 unspecified atom stereocenters. The molecule has 0 aliphatic carbocycles. The molecule has 7 heteroatoms. The number of carbonyl (C=O) groups excluding carboxylic acids is 1. The minimum absolute atomic E-state index is 0.0626. The van der Waals surface area contributed by atoms with E-state index in [9.17, 15) is 13.2 Å². The molecule has 0 aliphatic rings. The summed E-state index contributed by atoms with van der Waals surface area (Å²) in [5.74, 6) is -0.289. The van der Waals surface area contributed by atoms with Gasteiger partial charge in [-0.15, -0.1) is 0 Å². The first kappa shape index (κ1) is 14.5. The van der Waals surface area contributed by atoms with Crippen LogP contribution in [0.2, 0.25) is 0 Å². The number of ether oxygens (including phenoxy) is 1. The van der Waals surface area contributed by atoms with Crippen molar-refractivity contribution in [1.82, 2.24) is 0 Å². The van der Waals surface area contributed by atoms with Crippen molar-refractivity contribution in [2.75, 3.05) is 25.6 Å². The summed E-state index contributed by atoms with van der Waals surface area (Å²) < 4.78 is 26.7. The lowest BCUT2D eigenvalue weighted by Gasteiger charge is -2.18. The molecule has 1 aromatic rings. The van der Waals surface area contributed by atoms with Gasteiger partial charge in [0.25, 0.3) is 0 Å². The number of nitrogens with zero attached hydrogens (tertiary/aromatic N) is 1. The van der Waals surface area contributed by atoms with Crippen molar-refractivity contribution in [3.63, 3.8) is 0 Å². The topological polar surface area (TPSA) is 89.7 Å². The van der Waals surface area contributed by atoms with Gasteiger partial charge in [-0.25, -0.2) is 13.6 Å². The highest BCUT2D eigenvalue weighted by atomic mass is 32.2. The Morgan fingerprint density at radius 2 is 1.89 bits per heavy atom. The molecule has 0 saturated heterocycles. The van der Waals surface area contributed by atoms with Gasteiger partial charge in [0.15, 0.2) is 0 Å². The minimum Gasteiger partial charge on any atom is -0.469 e. The van der Waals surface area contributed by atoms with Gasteiger partial charge in [-0.3, -0.25) is 4.79 Å². The maximum absolute atomic E-state index is 11.1. The van der Waals surface area contributed by atoms with E-state index in [1.807, 2.05) is 4.90 Å². The van der Waals surface area contributed by atoms with Crippen molar-refractivity contribution in [2.24, 2.45) is 5.14 Å². The van der Waals surface area contributed by atoms with Crippen LogP contribution in [0.5, 0.6) is 0 Å². The van der Waals surface area contributed by atoms with E-state index in [0.717, 1.165) is 5.69 Å². The first-order valence-corrected chi connectivity index (χ1v) is 6.80. The van der Waals surface area contributed by atoms with Gasteiger partial charge in [-0.2, -0.15) is 0 Å². The van der Waals surface area contributed by atoms with Gasteiger partial charge in [0.2, 0.25) is 10.0 Å². The standard InChI is InChI=1S/C11H16N2O4S/c1-13(8-7-11(14)17-2)9-3-5-10(6-4-9)18(12,15)16/h3-6H,7-8H2,1-2H3,(H2,12,15,16). The van der Waals surface area contributed by atoms with E-state index in [1.54, 1.807) is 19.2 Å². The van der Waals surface area contributed by atoms with Crippen molar-refractivity contribution in [2.45, 2.75) is 11.3 Å². The number of benzene rings is 1. The lowest BCUT2D eigenvalue weighted by atomic mass is 10.3. The second kappa shape index (κ2) is 5.83. The average molecular weight is 272 g/mol. The molecule has 100 valence electrons. The summed E-state index contributed by atoms with van der Waals surface area (Å²) in [5, 5.41) is 5.00. The molecule has 0 atom stereocenters. The predicted molar refractivity (Wildman–Crippen MR) is 67.7 cm³/mol. The second-order valence-corrected chi connectivity index (χ2v) is 5.35. The largest absolute Gasteiger partial charge is 0.469 e. The zero-order chi connectivity index (χ0) is 13.8. The number of hydrogen-bond acceptors (Lipinski definition) is 5. The van der Waals surface area contributed by atoms with Gasteiger partial charge in [0, 0.05) is 19.3 Å². The van der Waals surface area contributed by atoms with E-state index in [1.165, 1.54) is 19.2 Å². The molecule has 6 nitrogen and oxygen atoms in total. The van der Waals surface area contributed by atoms with E-state index < -0.39 is 10.0 Å². The van der Waals surface area contributed by atoms with Crippen LogP contribution in [0.25, 0.3) is 0 Å². The van der Waals surface area contributed by atoms with E-state index in [-0.39, 0.29) is 17.3 Å². The SMILES string of the molecule is COC(=O)CCN(C)c1ccc(S(N)(=O)=O)cc1. The number of primary sulfonamides is 1. The number of rotatable bonds is 5. The highest BCUT2D eigenvalue weighted by molar-refractivity contribution is 7.89. The molecular formula is C11H16N2O4S. The minimum atomic E-state index is -3.67. The number of nitrogens with two attached hydrogens (primary N) is 1. The van der Waals surface area contributed by atoms with Crippen molar-refractivity contribution in [3.05, 3.63) is 24.3 Å². The number of sulfonamides is 1. The normalized spacial score (nSPS) is 11.1. The van der Waals surface area contributed by atoms with E-state index in [4.69, 9.17) is 5.14 Å². The summed E-state index contributed by atoms with van der Waals surface area (Å²) in [6.07, 6.45) is 0.268. The van der Waals surface area contributed by atoms with Crippen LogP contribution in [0.1, 0.15) is 6.42 Å². The second-order valence-electron chi connectivity index (χ2n) is 3.79. The summed E-state index contributed by atoms with van der Waals surface area (Å²) in [7, 11) is -0.531. The molecule has 1 rings (SSSR count). The summed E-state index contributed by atoms with van der Waals surface area (Å²) in [5.41, 5.74) is 0.798. The Morgan fingerprint density at radius 3 is 2.33 bits per heavy atom. The van der Waals surface area contributed by atoms with Crippen molar-refractivity contribution in [3.8, 4) is 0 Å². The maximum Gasteiger partial charge on any atom is 0.307 e. The van der Waals surface area contributed by atoms with Gasteiger partial charge in [-0.1, -0.05) is 0 Å². The molecule has 0 saturated carbocycles. The quantitative estimate of drug-likeness (QED) is 0.780. The van der Waals surface area contributed by atoms with Crippen LogP contribution in [0.15, 0.2) is 29.2 Å². The van der Waals surface area contributed by atoms with Crippen LogP contribution in [0, 0.1) is 0 Å². The van der Waals surface area contributed by atoms with Crippen LogP contribution >= 0.6 is 0 Å². The molecular weight excluding hydrogens is 256 g/mol. The molecule has 0 radical (unpaired) electrons. The molecule has 0 heterocycles. The number of hydrogen-bond donors (Lipinski definition) is 1. The monoisotopic (exact) mass is 272 g/mol. The van der Waals surface area contributed by atoms with Gasteiger partial charge in [0.1, 0.15) is 0 Å². The third-order valence-corrected chi connectivity index (χ3v) is 3.41. The Kier molecular flexibility index (Phi) is 4.69. The van der Waals surface area contributed by atoms with Crippen molar-refractivity contribution >= 4 is 21.7 Å². The fourth-order valence-electron chi connectivity index (χ4n) is 1.38. The molecule has 0 spiro atoms. The fraction of sp³-hybridized carbons (Fsp3) is 0.364. The molecule has 18 heavy (non-hydrogen) atoms. The zero-order valence-electron chi connectivity index (χ0n) is 10.3. The summed E-state index contributed by atoms with van der Waals surface area (Å²) >= 11 is 0. The number of anilines is 1. The summed E-state index contributed by atoms with van der Waals surface area (Å²) in [4.78, 5) is 12.9. The average Bonchev–Trinajstić information content (AvgIpc) is 2.34. The Morgan fingerprint density at radius 1 is 1.33 bits per heavy atom. The van der Waals surface area contributed by atoms with E-state index >= 15 is 0 Å². The van der Waals surface area contributed by atoms with E-state index in [0.29, 0.717) is 6.54 Å². The molecule has 0 bridgehead atoms. The molecule has 1 aromatic carbocycles. The lowest BCUT2D eigenvalue weighted by Crippen LogP contribution is -2.21. The Labute approximate surface area is 106 Å². The Balaban J connectivity index is 2.70. The van der Waals surface area contributed by atoms with Gasteiger partial charge in [0.05, 0.1) is 18.4 Å². The van der Waals surface area contributed by atoms with Crippen LogP contribution in [-0.4, -0.2) is 35.1 Å². The van der Waals surface area contributed by atoms with Crippen LogP contribution in [-0.2, 0) is 19.6 Å². The van der Waals surface area contributed by atoms with Gasteiger partial charge < -0.3 is 9.64 Å². The highest BCUT2D eigenvalue weighted by Crippen LogP contribution is 2.16. The molecule has 2 N–H and O–H groups in total. The molecule has 0 fully saturated rings. The fourth-order valence-corrected chi connectivity index (χ4v) is 1.90. The zero-order valence-corrected chi connectivity index (χ0v) is 11.1. The highest BCUT2D eigenvalue weighted by Gasteiger charge is 2.09. The number of carbonyl (C=O) groups is 1. The van der Waals surface area contributed by atoms with Gasteiger partial charge >= 0.3 is 5.97 Å². The number of methoxy groups -OCH3 is 1. The lowest BCUT2D eigenvalue weighted by molar-refractivity contribution is -0.140. The molecule has 0 aromatic heterocycles. The summed E-state index contributed by atoms with van der Waals surface area (Å²) in [6.45, 7) is 0.487. The third kappa shape index (κ3) is 4.01. The Hall–Kier alpha value is -1.60. The third-order valence-electron chi connectivity index (χ3n) is 2.49. The van der Waals surface area contributed by atoms with Crippen molar-refractivity contribution in [1.29, 1.82) is 0 Å². The van der Waals surface area contributed by atoms with Crippen molar-refractivity contribution < 1.29 is 17.9 Å². The first-order chi connectivity index (χ1) is 8.34. The van der Waals surface area contributed by atoms with Crippen LogP contribution < -0.4 is 10.0 Å². The predicted octanol–water partition coefficient (Wildman–Crippen LogP) is 0.333. The number of esters is 1. The molecule has 0 amide bonds. The van der Waals surface area contributed by atoms with E-state index in [2.05, 4.69) is 4.74 Å². The van der Waals surface area contributed by atoms with Crippen LogP contribution in [0.4, 0.5) is 5.69 Å².